The lowest BCUT2D eigenvalue weighted by Gasteiger charge is -2.36. The Morgan fingerprint density at radius 2 is 1.91 bits per heavy atom. The number of aromatic nitrogens is 1. The van der Waals surface area contributed by atoms with Gasteiger partial charge in [0.1, 0.15) is 11.4 Å². The number of H-pyrrole nitrogens is 1. The van der Waals surface area contributed by atoms with E-state index in [1.54, 1.807) is 11.5 Å². The second-order valence-electron chi connectivity index (χ2n) is 8.06. The van der Waals surface area contributed by atoms with Gasteiger partial charge in [0, 0.05) is 34.6 Å². The summed E-state index contributed by atoms with van der Waals surface area (Å²) in [6, 6.07) is 14.4. The van der Waals surface area contributed by atoms with Crippen molar-refractivity contribution in [2.75, 3.05) is 19.6 Å². The first-order valence-corrected chi connectivity index (χ1v) is 11.9. The minimum Gasteiger partial charge on any atom is -0.361 e. The zero-order valence-electron chi connectivity index (χ0n) is 18.2. The number of benzene rings is 2. The van der Waals surface area contributed by atoms with Gasteiger partial charge in [0.05, 0.1) is 0 Å². The van der Waals surface area contributed by atoms with E-state index >= 15 is 0 Å². The first kappa shape index (κ1) is 23.1. The Hall–Kier alpha value is -3.10. The summed E-state index contributed by atoms with van der Waals surface area (Å²) in [5.41, 5.74) is 0.852. The molecular formula is C25H27FN4O2S. The van der Waals surface area contributed by atoms with Gasteiger partial charge in [-0.3, -0.25) is 9.59 Å². The number of rotatable bonds is 8. The molecule has 1 aliphatic heterocycles. The summed E-state index contributed by atoms with van der Waals surface area (Å²) in [7, 11) is 0. The van der Waals surface area contributed by atoms with Gasteiger partial charge >= 0.3 is 0 Å². The molecule has 6 nitrogen and oxygen atoms in total. The standard InChI is InChI=1S/C25H27FN4O2S/c26-19-6-7-22-21(16-19)18(17-29-22)8-12-28-24(32)25(10-13-27-14-11-25)30-23(31)9-15-33-20-4-2-1-3-5-20/h1-7,9,15-17,27,29H,8,10-14H2,(H,28,32)(H,30,31)/b15-9+. The normalized spacial score (nSPS) is 15.5. The molecule has 33 heavy (non-hydrogen) atoms. The number of thioether (sulfide) groups is 1. The summed E-state index contributed by atoms with van der Waals surface area (Å²) in [5.74, 6) is -0.766. The van der Waals surface area contributed by atoms with E-state index in [2.05, 4.69) is 20.9 Å². The van der Waals surface area contributed by atoms with E-state index in [0.717, 1.165) is 21.4 Å². The fourth-order valence-electron chi connectivity index (χ4n) is 4.05. The zero-order chi connectivity index (χ0) is 23.1. The molecule has 0 saturated carbocycles. The SMILES string of the molecule is O=C(/C=C/Sc1ccccc1)NC1(C(=O)NCCc2c[nH]c3ccc(F)cc23)CCNCC1. The number of aromatic amines is 1. The van der Waals surface area contributed by atoms with E-state index in [9.17, 15) is 14.0 Å². The van der Waals surface area contributed by atoms with Crippen molar-refractivity contribution >= 4 is 34.5 Å². The van der Waals surface area contributed by atoms with Crippen molar-refractivity contribution < 1.29 is 14.0 Å². The van der Waals surface area contributed by atoms with Gasteiger partial charge in [-0.05, 0) is 73.7 Å². The van der Waals surface area contributed by atoms with Gasteiger partial charge in [-0.15, -0.1) is 0 Å². The van der Waals surface area contributed by atoms with Gasteiger partial charge in [0.25, 0.3) is 0 Å². The zero-order valence-corrected chi connectivity index (χ0v) is 19.0. The van der Waals surface area contributed by atoms with E-state index in [-0.39, 0.29) is 17.6 Å². The predicted octanol–water partition coefficient (Wildman–Crippen LogP) is 3.51. The molecular weight excluding hydrogens is 439 g/mol. The molecule has 3 aromatic rings. The quantitative estimate of drug-likeness (QED) is 0.302. The van der Waals surface area contributed by atoms with E-state index in [4.69, 9.17) is 0 Å². The second kappa shape index (κ2) is 10.7. The number of hydrogen-bond donors (Lipinski definition) is 4. The van der Waals surface area contributed by atoms with Crippen LogP contribution in [0.2, 0.25) is 0 Å². The third-order valence-electron chi connectivity index (χ3n) is 5.83. The number of fused-ring (bicyclic) bond motifs is 1. The number of halogens is 1. The summed E-state index contributed by atoms with van der Waals surface area (Å²) in [5, 5.41) is 11.7. The van der Waals surface area contributed by atoms with Crippen molar-refractivity contribution in [1.82, 2.24) is 20.9 Å². The fraction of sp³-hybridized carbons (Fsp3) is 0.280. The van der Waals surface area contributed by atoms with Gasteiger partial charge in [0.2, 0.25) is 11.8 Å². The number of nitrogens with one attached hydrogen (secondary N) is 4. The van der Waals surface area contributed by atoms with Crippen molar-refractivity contribution in [2.24, 2.45) is 0 Å². The Kier molecular flexibility index (Phi) is 7.47. The van der Waals surface area contributed by atoms with Crippen LogP contribution in [0.5, 0.6) is 0 Å². The van der Waals surface area contributed by atoms with Crippen LogP contribution in [0.1, 0.15) is 18.4 Å². The fourth-order valence-corrected chi connectivity index (χ4v) is 4.71. The first-order valence-electron chi connectivity index (χ1n) is 11.0. The third kappa shape index (κ3) is 5.83. The van der Waals surface area contributed by atoms with Crippen LogP contribution >= 0.6 is 11.8 Å². The summed E-state index contributed by atoms with van der Waals surface area (Å²) < 4.78 is 13.6. The van der Waals surface area contributed by atoms with Crippen molar-refractivity contribution in [1.29, 1.82) is 0 Å². The highest BCUT2D eigenvalue weighted by atomic mass is 32.2. The molecule has 2 aromatic carbocycles. The number of piperidine rings is 1. The molecule has 2 heterocycles. The molecule has 0 unspecified atom stereocenters. The van der Waals surface area contributed by atoms with E-state index in [0.29, 0.717) is 38.9 Å². The maximum atomic E-state index is 13.6. The molecule has 8 heteroatoms. The molecule has 1 aromatic heterocycles. The van der Waals surface area contributed by atoms with Crippen LogP contribution in [0.15, 0.2) is 71.1 Å². The van der Waals surface area contributed by atoms with E-state index < -0.39 is 5.54 Å². The number of amides is 2. The maximum absolute atomic E-state index is 13.6. The largest absolute Gasteiger partial charge is 0.361 e. The van der Waals surface area contributed by atoms with Crippen LogP contribution in [-0.4, -0.2) is 42.0 Å². The van der Waals surface area contributed by atoms with Gasteiger partial charge < -0.3 is 20.9 Å². The summed E-state index contributed by atoms with van der Waals surface area (Å²) in [6.45, 7) is 1.70. The smallest absolute Gasteiger partial charge is 0.245 e. The number of hydrogen-bond acceptors (Lipinski definition) is 4. The minimum atomic E-state index is -0.948. The Morgan fingerprint density at radius 3 is 2.70 bits per heavy atom. The third-order valence-corrected chi connectivity index (χ3v) is 6.65. The monoisotopic (exact) mass is 466 g/mol. The van der Waals surface area contributed by atoms with Gasteiger partial charge in [-0.1, -0.05) is 30.0 Å². The highest BCUT2D eigenvalue weighted by Crippen LogP contribution is 2.22. The Morgan fingerprint density at radius 1 is 1.12 bits per heavy atom. The lowest BCUT2D eigenvalue weighted by molar-refractivity contribution is -0.133. The molecule has 0 aliphatic carbocycles. The molecule has 2 amide bonds. The first-order chi connectivity index (χ1) is 16.1. The Labute approximate surface area is 196 Å². The van der Waals surface area contributed by atoms with Gasteiger partial charge in [-0.2, -0.15) is 0 Å². The van der Waals surface area contributed by atoms with Crippen LogP contribution in [-0.2, 0) is 16.0 Å². The van der Waals surface area contributed by atoms with Crippen molar-refractivity contribution in [3.63, 3.8) is 0 Å². The van der Waals surface area contributed by atoms with Gasteiger partial charge in [0.15, 0.2) is 0 Å². The highest BCUT2D eigenvalue weighted by Gasteiger charge is 2.40. The number of carbonyl (C=O) groups is 2. The highest BCUT2D eigenvalue weighted by molar-refractivity contribution is 8.02. The van der Waals surface area contributed by atoms with E-state index in [1.165, 1.54) is 30.0 Å². The van der Waals surface area contributed by atoms with Crippen LogP contribution in [0.3, 0.4) is 0 Å². The lowest BCUT2D eigenvalue weighted by atomic mass is 9.87. The molecule has 1 fully saturated rings. The Bertz CT molecular complexity index is 1140. The van der Waals surface area contributed by atoms with Crippen LogP contribution < -0.4 is 16.0 Å². The maximum Gasteiger partial charge on any atom is 0.245 e. The van der Waals surface area contributed by atoms with E-state index in [1.807, 2.05) is 36.5 Å². The molecule has 172 valence electrons. The topological polar surface area (TPSA) is 86.0 Å². The molecule has 4 N–H and O–H groups in total. The molecule has 0 atom stereocenters. The molecule has 0 spiro atoms. The Balaban J connectivity index is 1.35. The predicted molar refractivity (Wildman–Crippen MR) is 129 cm³/mol. The number of carbonyl (C=O) groups excluding carboxylic acids is 2. The molecule has 4 rings (SSSR count). The minimum absolute atomic E-state index is 0.188. The van der Waals surface area contributed by atoms with Crippen molar-refractivity contribution in [2.45, 2.75) is 29.7 Å². The summed E-state index contributed by atoms with van der Waals surface area (Å²) in [6.07, 6.45) is 4.90. The van der Waals surface area contributed by atoms with Crippen molar-refractivity contribution in [3.8, 4) is 0 Å². The summed E-state index contributed by atoms with van der Waals surface area (Å²) >= 11 is 1.45. The lowest BCUT2D eigenvalue weighted by Crippen LogP contribution is -2.62. The van der Waals surface area contributed by atoms with Crippen LogP contribution in [0.4, 0.5) is 4.39 Å². The molecule has 1 aliphatic rings. The average molecular weight is 467 g/mol. The second-order valence-corrected chi connectivity index (χ2v) is 9.04. The molecule has 1 saturated heterocycles. The van der Waals surface area contributed by atoms with Crippen molar-refractivity contribution in [3.05, 3.63) is 77.6 Å². The molecule has 0 bridgehead atoms. The average Bonchev–Trinajstić information content (AvgIpc) is 3.22. The van der Waals surface area contributed by atoms with Crippen LogP contribution in [0.25, 0.3) is 10.9 Å². The summed E-state index contributed by atoms with van der Waals surface area (Å²) in [4.78, 5) is 29.9. The van der Waals surface area contributed by atoms with Crippen LogP contribution in [0, 0.1) is 5.82 Å². The molecule has 0 radical (unpaired) electrons. The van der Waals surface area contributed by atoms with Gasteiger partial charge in [-0.25, -0.2) is 4.39 Å².